The van der Waals surface area contributed by atoms with E-state index in [0.717, 1.165) is 0 Å². The predicted molar refractivity (Wildman–Crippen MR) is 102 cm³/mol. The normalized spacial score (nSPS) is 14.2. The van der Waals surface area contributed by atoms with Crippen LogP contribution < -0.4 is 20.9 Å². The van der Waals surface area contributed by atoms with E-state index in [1.54, 1.807) is 35.5 Å². The van der Waals surface area contributed by atoms with Gasteiger partial charge in [-0.2, -0.15) is 0 Å². The zero-order valence-electron chi connectivity index (χ0n) is 15.2. The van der Waals surface area contributed by atoms with Gasteiger partial charge in [0, 0.05) is 37.5 Å². The number of likely N-dealkylation sites (tertiary alicyclic amines) is 1. The van der Waals surface area contributed by atoms with Crippen LogP contribution in [0.5, 0.6) is 5.88 Å². The number of aromatic nitrogens is 3. The number of aromatic amines is 1. The summed E-state index contributed by atoms with van der Waals surface area (Å²) in [5.41, 5.74) is 1.51. The van der Waals surface area contributed by atoms with Gasteiger partial charge in [0.1, 0.15) is 5.69 Å². The van der Waals surface area contributed by atoms with E-state index in [0.29, 0.717) is 42.5 Å². The summed E-state index contributed by atoms with van der Waals surface area (Å²) >= 11 is 0. The maximum Gasteiger partial charge on any atom is 0.271 e. The van der Waals surface area contributed by atoms with Gasteiger partial charge in [-0.1, -0.05) is 6.08 Å². The lowest BCUT2D eigenvalue weighted by Crippen LogP contribution is -2.57. The second kappa shape index (κ2) is 8.45. The average Bonchev–Trinajstić information content (AvgIpc) is 2.65. The van der Waals surface area contributed by atoms with Crippen molar-refractivity contribution < 1.29 is 9.53 Å². The summed E-state index contributed by atoms with van der Waals surface area (Å²) in [7, 11) is 3.34. The number of anilines is 1. The number of methoxy groups -OCH3 is 1. The Morgan fingerprint density at radius 1 is 1.44 bits per heavy atom. The average molecular weight is 370 g/mol. The molecule has 1 amide bonds. The van der Waals surface area contributed by atoms with Gasteiger partial charge in [0.25, 0.3) is 5.56 Å². The largest absolute Gasteiger partial charge is 0.480 e. The van der Waals surface area contributed by atoms with Crippen LogP contribution in [0.15, 0.2) is 41.6 Å². The lowest BCUT2D eigenvalue weighted by molar-refractivity contribution is -0.129. The molecule has 3 N–H and O–H groups in total. The molecule has 0 unspecified atom stereocenters. The second-order valence-electron chi connectivity index (χ2n) is 6.12. The number of likely N-dealkylation sites (N-methyl/N-ethyl adjacent to an activating group) is 1. The Morgan fingerprint density at radius 3 is 3.00 bits per heavy atom. The summed E-state index contributed by atoms with van der Waals surface area (Å²) in [5, 5.41) is 6.13. The zero-order valence-corrected chi connectivity index (χ0v) is 15.2. The molecule has 142 valence electrons. The van der Waals surface area contributed by atoms with Crippen LogP contribution in [0, 0.1) is 0 Å². The number of nitrogens with zero attached hydrogens (tertiary/aromatic N) is 3. The monoisotopic (exact) mass is 370 g/mol. The number of H-pyrrole nitrogens is 1. The third-order valence-corrected chi connectivity index (χ3v) is 4.16. The van der Waals surface area contributed by atoms with Gasteiger partial charge in [0.05, 0.1) is 31.2 Å². The smallest absolute Gasteiger partial charge is 0.271 e. The minimum Gasteiger partial charge on any atom is -0.480 e. The summed E-state index contributed by atoms with van der Waals surface area (Å²) in [6, 6.07) is 1.75. The first kappa shape index (κ1) is 18.6. The van der Waals surface area contributed by atoms with Crippen LogP contribution in [0.25, 0.3) is 11.3 Å². The van der Waals surface area contributed by atoms with Gasteiger partial charge in [-0.05, 0) is 13.1 Å². The number of pyridine rings is 1. The van der Waals surface area contributed by atoms with Gasteiger partial charge in [0.15, 0.2) is 0 Å². The van der Waals surface area contributed by atoms with Gasteiger partial charge < -0.3 is 25.3 Å². The molecule has 0 spiro atoms. The molecule has 2 aromatic heterocycles. The second-order valence-corrected chi connectivity index (χ2v) is 6.12. The van der Waals surface area contributed by atoms with Crippen molar-refractivity contribution >= 4 is 11.6 Å². The molecular weight excluding hydrogens is 348 g/mol. The predicted octanol–water partition coefficient (Wildman–Crippen LogP) is 0.239. The first-order valence-electron chi connectivity index (χ1n) is 8.56. The maximum atomic E-state index is 12.1. The lowest BCUT2D eigenvalue weighted by Gasteiger charge is -2.39. The summed E-state index contributed by atoms with van der Waals surface area (Å²) < 4.78 is 5.08. The number of hydrogen-bond donors (Lipinski definition) is 3. The van der Waals surface area contributed by atoms with E-state index in [1.165, 1.54) is 13.3 Å². The Bertz CT molecular complexity index is 889. The number of amides is 1. The molecule has 27 heavy (non-hydrogen) atoms. The molecule has 9 heteroatoms. The van der Waals surface area contributed by atoms with Gasteiger partial charge in [0.2, 0.25) is 11.8 Å². The van der Waals surface area contributed by atoms with Crippen molar-refractivity contribution in [2.24, 2.45) is 0 Å². The van der Waals surface area contributed by atoms with Crippen molar-refractivity contribution in [1.29, 1.82) is 0 Å². The summed E-state index contributed by atoms with van der Waals surface area (Å²) in [6.07, 6.45) is 8.04. The number of ether oxygens (including phenoxy) is 1. The minimum absolute atomic E-state index is 0.0272. The Morgan fingerprint density at radius 2 is 2.26 bits per heavy atom. The van der Waals surface area contributed by atoms with E-state index in [9.17, 15) is 9.59 Å². The van der Waals surface area contributed by atoms with Crippen molar-refractivity contribution in [3.8, 4) is 17.1 Å². The summed E-state index contributed by atoms with van der Waals surface area (Å²) in [5.74, 6) is 0.366. The van der Waals surface area contributed by atoms with Crippen LogP contribution in [-0.4, -0.2) is 65.6 Å². The molecule has 0 radical (unpaired) electrons. The molecule has 0 bridgehead atoms. The Kier molecular flexibility index (Phi) is 5.82. The highest BCUT2D eigenvalue weighted by Gasteiger charge is 2.29. The molecular formula is C18H22N6O3. The Balaban J connectivity index is 1.65. The van der Waals surface area contributed by atoms with Crippen LogP contribution in [0.4, 0.5) is 5.69 Å². The van der Waals surface area contributed by atoms with Crippen molar-refractivity contribution in [2.75, 3.05) is 39.1 Å². The zero-order chi connectivity index (χ0) is 19.2. The fourth-order valence-electron chi connectivity index (χ4n) is 2.68. The molecule has 3 heterocycles. The molecule has 1 fully saturated rings. The standard InChI is InChI=1S/C18H22N6O3/c1-19-5-3-4-17(25)24-10-13(11-24)22-14-6-12(7-21-18(14)26)15-8-20-9-16(23-15)27-2/h3-4,6-9,13,19,22H,5,10-11H2,1-2H3,(H,21,26)/b4-3+. The fourth-order valence-corrected chi connectivity index (χ4v) is 2.68. The van der Waals surface area contributed by atoms with Crippen molar-refractivity contribution in [3.05, 3.63) is 47.2 Å². The van der Waals surface area contributed by atoms with E-state index >= 15 is 0 Å². The summed E-state index contributed by atoms with van der Waals surface area (Å²) in [6.45, 7) is 1.74. The molecule has 0 aromatic carbocycles. The minimum atomic E-state index is -0.228. The molecule has 1 aliphatic heterocycles. The van der Waals surface area contributed by atoms with E-state index in [1.807, 2.05) is 7.05 Å². The van der Waals surface area contributed by atoms with Gasteiger partial charge >= 0.3 is 0 Å². The van der Waals surface area contributed by atoms with Crippen LogP contribution in [0.3, 0.4) is 0 Å². The number of hydrogen-bond acceptors (Lipinski definition) is 7. The van der Waals surface area contributed by atoms with Crippen LogP contribution in [0.1, 0.15) is 0 Å². The lowest BCUT2D eigenvalue weighted by atomic mass is 10.1. The highest BCUT2D eigenvalue weighted by atomic mass is 16.5. The topological polar surface area (TPSA) is 112 Å². The van der Waals surface area contributed by atoms with Gasteiger partial charge in [-0.25, -0.2) is 4.98 Å². The molecule has 2 aromatic rings. The molecule has 0 atom stereocenters. The summed E-state index contributed by atoms with van der Waals surface area (Å²) in [4.78, 5) is 36.9. The molecule has 1 aliphatic rings. The SMILES string of the molecule is CNC/C=C/C(=O)N1CC(Nc2cc(-c3cncc(OC)n3)c[nH]c2=O)C1. The number of rotatable bonds is 7. The van der Waals surface area contributed by atoms with Crippen LogP contribution in [0.2, 0.25) is 0 Å². The van der Waals surface area contributed by atoms with Crippen molar-refractivity contribution in [3.63, 3.8) is 0 Å². The van der Waals surface area contributed by atoms with Crippen LogP contribution >= 0.6 is 0 Å². The van der Waals surface area contributed by atoms with Crippen molar-refractivity contribution in [1.82, 2.24) is 25.2 Å². The third-order valence-electron chi connectivity index (χ3n) is 4.16. The Labute approximate surface area is 156 Å². The fraction of sp³-hybridized carbons (Fsp3) is 0.333. The molecule has 1 saturated heterocycles. The quantitative estimate of drug-likeness (QED) is 0.599. The van der Waals surface area contributed by atoms with Crippen molar-refractivity contribution in [2.45, 2.75) is 6.04 Å². The molecule has 3 rings (SSSR count). The third kappa shape index (κ3) is 4.50. The van der Waals surface area contributed by atoms with Crippen LogP contribution in [-0.2, 0) is 4.79 Å². The highest BCUT2D eigenvalue weighted by Crippen LogP contribution is 2.20. The molecule has 0 aliphatic carbocycles. The van der Waals surface area contributed by atoms with E-state index in [4.69, 9.17) is 4.74 Å². The highest BCUT2D eigenvalue weighted by molar-refractivity contribution is 5.88. The maximum absolute atomic E-state index is 12.1. The Hall–Kier alpha value is -3.20. The van der Waals surface area contributed by atoms with Gasteiger partial charge in [-0.15, -0.1) is 0 Å². The number of carbonyl (C=O) groups is 1. The van der Waals surface area contributed by atoms with E-state index < -0.39 is 0 Å². The first-order chi connectivity index (χ1) is 13.1. The number of nitrogens with one attached hydrogen (secondary N) is 3. The molecule has 9 nitrogen and oxygen atoms in total. The van der Waals surface area contributed by atoms with E-state index in [-0.39, 0.29) is 17.5 Å². The first-order valence-corrected chi connectivity index (χ1v) is 8.56. The van der Waals surface area contributed by atoms with Gasteiger partial charge in [-0.3, -0.25) is 14.6 Å². The molecule has 0 saturated carbocycles. The number of carbonyl (C=O) groups excluding carboxylic acids is 1. The van der Waals surface area contributed by atoms with E-state index in [2.05, 4.69) is 25.6 Å².